The Labute approximate surface area is 174 Å². The SMILES string of the molecule is C[C@@H](c1ccc(F)cc1)c1c(NCC2CCCO2)nc(N)nc1Nc1cnccn1. The first-order valence-electron chi connectivity index (χ1n) is 9.91. The molecule has 0 radical (unpaired) electrons. The quantitative estimate of drug-likeness (QED) is 0.544. The van der Waals surface area contributed by atoms with Crippen molar-refractivity contribution in [1.82, 2.24) is 19.9 Å². The first kappa shape index (κ1) is 20.0. The Balaban J connectivity index is 1.72. The molecule has 0 spiro atoms. The van der Waals surface area contributed by atoms with Crippen LogP contribution in [0.1, 0.15) is 36.8 Å². The fraction of sp³-hybridized carbons (Fsp3) is 0.333. The summed E-state index contributed by atoms with van der Waals surface area (Å²) in [6.07, 6.45) is 6.97. The molecule has 2 aromatic heterocycles. The lowest BCUT2D eigenvalue weighted by atomic mass is 9.93. The summed E-state index contributed by atoms with van der Waals surface area (Å²) >= 11 is 0. The molecule has 0 saturated carbocycles. The number of rotatable bonds is 7. The molecule has 3 aromatic rings. The molecule has 8 nitrogen and oxygen atoms in total. The number of anilines is 4. The molecule has 0 amide bonds. The maximum absolute atomic E-state index is 13.4. The molecule has 2 atom stereocenters. The molecule has 1 unspecified atom stereocenters. The van der Waals surface area contributed by atoms with Gasteiger partial charge >= 0.3 is 0 Å². The van der Waals surface area contributed by atoms with E-state index in [2.05, 4.69) is 30.6 Å². The van der Waals surface area contributed by atoms with E-state index in [1.165, 1.54) is 12.1 Å². The van der Waals surface area contributed by atoms with Crippen molar-refractivity contribution in [2.45, 2.75) is 31.8 Å². The monoisotopic (exact) mass is 409 g/mol. The zero-order valence-corrected chi connectivity index (χ0v) is 16.7. The largest absolute Gasteiger partial charge is 0.376 e. The minimum absolute atomic E-state index is 0.131. The second-order valence-corrected chi connectivity index (χ2v) is 7.20. The van der Waals surface area contributed by atoms with Gasteiger partial charge in [0.05, 0.1) is 12.3 Å². The Morgan fingerprint density at radius 3 is 2.70 bits per heavy atom. The second-order valence-electron chi connectivity index (χ2n) is 7.20. The van der Waals surface area contributed by atoms with E-state index >= 15 is 0 Å². The summed E-state index contributed by atoms with van der Waals surface area (Å²) in [5.74, 6) is 1.38. The van der Waals surface area contributed by atoms with E-state index in [0.29, 0.717) is 24.0 Å². The predicted octanol–water partition coefficient (Wildman–Crippen LogP) is 3.47. The molecule has 4 N–H and O–H groups in total. The molecule has 9 heteroatoms. The van der Waals surface area contributed by atoms with Gasteiger partial charge in [0.25, 0.3) is 0 Å². The lowest BCUT2D eigenvalue weighted by Crippen LogP contribution is -2.21. The third-order valence-electron chi connectivity index (χ3n) is 5.10. The van der Waals surface area contributed by atoms with E-state index < -0.39 is 0 Å². The zero-order chi connectivity index (χ0) is 20.9. The van der Waals surface area contributed by atoms with E-state index in [4.69, 9.17) is 10.5 Å². The summed E-state index contributed by atoms with van der Waals surface area (Å²) < 4.78 is 19.2. The maximum atomic E-state index is 13.4. The van der Waals surface area contributed by atoms with Gasteiger partial charge in [-0.25, -0.2) is 9.37 Å². The highest BCUT2D eigenvalue weighted by Crippen LogP contribution is 2.36. The van der Waals surface area contributed by atoms with Crippen LogP contribution in [0.5, 0.6) is 0 Å². The summed E-state index contributed by atoms with van der Waals surface area (Å²) in [5, 5.41) is 6.57. The summed E-state index contributed by atoms with van der Waals surface area (Å²) in [6, 6.07) is 6.40. The van der Waals surface area contributed by atoms with Gasteiger partial charge in [-0.1, -0.05) is 19.1 Å². The van der Waals surface area contributed by atoms with Crippen molar-refractivity contribution < 1.29 is 9.13 Å². The normalized spacial score (nSPS) is 16.9. The van der Waals surface area contributed by atoms with Crippen LogP contribution < -0.4 is 16.4 Å². The Bertz CT molecular complexity index is 979. The summed E-state index contributed by atoms with van der Waals surface area (Å²) in [6.45, 7) is 3.40. The number of aromatic nitrogens is 4. The van der Waals surface area contributed by atoms with Gasteiger partial charge in [-0.3, -0.25) is 4.98 Å². The molecule has 0 aliphatic carbocycles. The molecule has 1 saturated heterocycles. The summed E-state index contributed by atoms with van der Waals surface area (Å²) in [4.78, 5) is 17.2. The number of hydrogen-bond donors (Lipinski definition) is 3. The van der Waals surface area contributed by atoms with Crippen molar-refractivity contribution in [2.75, 3.05) is 29.5 Å². The molecule has 4 rings (SSSR count). The Kier molecular flexibility index (Phi) is 5.99. The van der Waals surface area contributed by atoms with Gasteiger partial charge in [0.2, 0.25) is 5.95 Å². The molecule has 1 fully saturated rings. The van der Waals surface area contributed by atoms with Crippen LogP contribution in [-0.4, -0.2) is 39.2 Å². The van der Waals surface area contributed by atoms with Crippen LogP contribution in [0.4, 0.5) is 27.8 Å². The highest BCUT2D eigenvalue weighted by Gasteiger charge is 2.23. The topological polar surface area (TPSA) is 111 Å². The molecular weight excluding hydrogens is 385 g/mol. The summed E-state index contributed by atoms with van der Waals surface area (Å²) in [7, 11) is 0. The van der Waals surface area contributed by atoms with Crippen molar-refractivity contribution >= 4 is 23.4 Å². The zero-order valence-electron chi connectivity index (χ0n) is 16.7. The number of hydrogen-bond acceptors (Lipinski definition) is 8. The minimum Gasteiger partial charge on any atom is -0.376 e. The first-order valence-corrected chi connectivity index (χ1v) is 9.91. The molecule has 30 heavy (non-hydrogen) atoms. The Morgan fingerprint density at radius 1 is 1.20 bits per heavy atom. The van der Waals surface area contributed by atoms with E-state index in [0.717, 1.165) is 30.6 Å². The van der Waals surface area contributed by atoms with Gasteiger partial charge in [-0.2, -0.15) is 9.97 Å². The van der Waals surface area contributed by atoms with Crippen LogP contribution >= 0.6 is 0 Å². The van der Waals surface area contributed by atoms with E-state index in [-0.39, 0.29) is 23.8 Å². The fourth-order valence-electron chi connectivity index (χ4n) is 3.55. The Morgan fingerprint density at radius 2 is 2.00 bits per heavy atom. The third kappa shape index (κ3) is 4.62. The number of benzene rings is 1. The van der Waals surface area contributed by atoms with E-state index in [1.54, 1.807) is 30.7 Å². The minimum atomic E-state index is -0.283. The maximum Gasteiger partial charge on any atom is 0.223 e. The molecule has 1 aliphatic heterocycles. The standard InChI is InChI=1S/C21H24FN7O/c1-13(14-4-6-15(22)7-5-14)18-19(26-11-16-3-2-10-30-16)28-21(23)29-20(18)27-17-12-24-8-9-25-17/h4-9,12-13,16H,2-3,10-11H2,1H3,(H4,23,25,26,27,28,29)/t13-,16?/m0/s1. The smallest absolute Gasteiger partial charge is 0.223 e. The lowest BCUT2D eigenvalue weighted by Gasteiger charge is -2.22. The van der Waals surface area contributed by atoms with Crippen molar-refractivity contribution in [3.63, 3.8) is 0 Å². The van der Waals surface area contributed by atoms with Gasteiger partial charge in [-0.05, 0) is 30.5 Å². The third-order valence-corrected chi connectivity index (χ3v) is 5.10. The molecule has 3 heterocycles. The van der Waals surface area contributed by atoms with Crippen LogP contribution in [-0.2, 0) is 4.74 Å². The highest BCUT2D eigenvalue weighted by atomic mass is 19.1. The number of nitrogens with two attached hydrogens (primary N) is 1. The van der Waals surface area contributed by atoms with Gasteiger partial charge in [0, 0.05) is 37.0 Å². The number of halogens is 1. The van der Waals surface area contributed by atoms with Gasteiger partial charge in [-0.15, -0.1) is 0 Å². The number of ether oxygens (including phenoxy) is 1. The molecule has 156 valence electrons. The van der Waals surface area contributed by atoms with E-state index in [9.17, 15) is 4.39 Å². The van der Waals surface area contributed by atoms with Gasteiger partial charge < -0.3 is 21.1 Å². The molecule has 0 bridgehead atoms. The number of nitrogens with zero attached hydrogens (tertiary/aromatic N) is 4. The average molecular weight is 409 g/mol. The highest BCUT2D eigenvalue weighted by molar-refractivity contribution is 5.67. The van der Waals surface area contributed by atoms with Crippen LogP contribution in [0, 0.1) is 5.82 Å². The van der Waals surface area contributed by atoms with Gasteiger partial charge in [0.15, 0.2) is 0 Å². The summed E-state index contributed by atoms with van der Waals surface area (Å²) in [5.41, 5.74) is 7.73. The van der Waals surface area contributed by atoms with E-state index in [1.807, 2.05) is 6.92 Å². The number of nitrogen functional groups attached to an aromatic ring is 1. The van der Waals surface area contributed by atoms with Crippen LogP contribution in [0.25, 0.3) is 0 Å². The molecule has 1 aromatic carbocycles. The van der Waals surface area contributed by atoms with Crippen molar-refractivity contribution in [1.29, 1.82) is 0 Å². The van der Waals surface area contributed by atoms with Crippen LogP contribution in [0.15, 0.2) is 42.9 Å². The van der Waals surface area contributed by atoms with Crippen molar-refractivity contribution in [2.24, 2.45) is 0 Å². The van der Waals surface area contributed by atoms with Crippen LogP contribution in [0.3, 0.4) is 0 Å². The predicted molar refractivity (Wildman–Crippen MR) is 113 cm³/mol. The van der Waals surface area contributed by atoms with Crippen molar-refractivity contribution in [3.05, 3.63) is 59.8 Å². The average Bonchev–Trinajstić information content (AvgIpc) is 3.26. The van der Waals surface area contributed by atoms with Crippen LogP contribution in [0.2, 0.25) is 0 Å². The number of nitrogens with one attached hydrogen (secondary N) is 2. The van der Waals surface area contributed by atoms with Gasteiger partial charge in [0.1, 0.15) is 23.3 Å². The molecule has 1 aliphatic rings. The second kappa shape index (κ2) is 9.00. The lowest BCUT2D eigenvalue weighted by molar-refractivity contribution is 0.120. The fourth-order valence-corrected chi connectivity index (χ4v) is 3.55. The molecular formula is C21H24FN7O. The Hall–Kier alpha value is -3.33. The first-order chi connectivity index (χ1) is 14.6. The van der Waals surface area contributed by atoms with Crippen molar-refractivity contribution in [3.8, 4) is 0 Å².